The van der Waals surface area contributed by atoms with Gasteiger partial charge >= 0.3 is 0 Å². The molecule has 2 aliphatic heterocycles. The summed E-state index contributed by atoms with van der Waals surface area (Å²) in [6, 6.07) is 8.93. The Morgan fingerprint density at radius 3 is 2.61 bits per heavy atom. The van der Waals surface area contributed by atoms with Gasteiger partial charge in [-0.3, -0.25) is 0 Å². The van der Waals surface area contributed by atoms with Gasteiger partial charge in [-0.25, -0.2) is 0 Å². The van der Waals surface area contributed by atoms with E-state index in [1.54, 1.807) is 11.8 Å². The SMILES string of the molecule is CCN(CC)c1ccc2c(c1)S/C(=C/C1=CC(=C(/C)C#N)/C=C(C)O1)C=C2C. The molecule has 2 aliphatic rings. The highest BCUT2D eigenvalue weighted by Crippen LogP contribution is 2.42. The molecule has 0 atom stereocenters. The van der Waals surface area contributed by atoms with Crippen molar-refractivity contribution in [2.75, 3.05) is 18.0 Å². The Kier molecular flexibility index (Phi) is 6.16. The van der Waals surface area contributed by atoms with Gasteiger partial charge in [0.2, 0.25) is 0 Å². The molecule has 0 saturated carbocycles. The van der Waals surface area contributed by atoms with E-state index in [0.29, 0.717) is 5.57 Å². The van der Waals surface area contributed by atoms with Crippen molar-refractivity contribution in [2.24, 2.45) is 0 Å². The molecule has 0 saturated heterocycles. The van der Waals surface area contributed by atoms with Crippen LogP contribution in [0.25, 0.3) is 5.57 Å². The molecule has 1 aromatic carbocycles. The van der Waals surface area contributed by atoms with Crippen LogP contribution < -0.4 is 4.90 Å². The number of rotatable bonds is 4. The first-order valence-corrected chi connectivity index (χ1v) is 10.4. The summed E-state index contributed by atoms with van der Waals surface area (Å²) in [5, 5.41) is 9.20. The lowest BCUT2D eigenvalue weighted by Crippen LogP contribution is -2.21. The summed E-state index contributed by atoms with van der Waals surface area (Å²) in [6.45, 7) is 12.3. The van der Waals surface area contributed by atoms with Crippen molar-refractivity contribution in [1.82, 2.24) is 0 Å². The minimum absolute atomic E-state index is 0.691. The maximum Gasteiger partial charge on any atom is 0.128 e. The molecule has 3 nitrogen and oxygen atoms in total. The summed E-state index contributed by atoms with van der Waals surface area (Å²) in [6.07, 6.45) is 8.09. The molecule has 3 rings (SSSR count). The zero-order valence-electron chi connectivity index (χ0n) is 17.2. The van der Waals surface area contributed by atoms with Gasteiger partial charge in [-0.1, -0.05) is 17.8 Å². The van der Waals surface area contributed by atoms with Gasteiger partial charge in [-0.15, -0.1) is 0 Å². The number of nitriles is 1. The summed E-state index contributed by atoms with van der Waals surface area (Å²) in [4.78, 5) is 4.76. The highest BCUT2D eigenvalue weighted by Gasteiger charge is 2.17. The second-order valence-corrected chi connectivity index (χ2v) is 8.04. The smallest absolute Gasteiger partial charge is 0.128 e. The summed E-state index contributed by atoms with van der Waals surface area (Å²) >= 11 is 1.76. The molecule has 0 spiro atoms. The highest BCUT2D eigenvalue weighted by molar-refractivity contribution is 8.03. The van der Waals surface area contributed by atoms with Gasteiger partial charge < -0.3 is 9.64 Å². The van der Waals surface area contributed by atoms with Gasteiger partial charge in [-0.05, 0) is 87.8 Å². The van der Waals surface area contributed by atoms with E-state index < -0.39 is 0 Å². The number of nitrogens with zero attached hydrogens (tertiary/aromatic N) is 2. The number of anilines is 1. The lowest BCUT2D eigenvalue weighted by atomic mass is 10.0. The van der Waals surface area contributed by atoms with E-state index in [1.165, 1.54) is 21.7 Å². The van der Waals surface area contributed by atoms with Crippen LogP contribution in [-0.4, -0.2) is 13.1 Å². The zero-order valence-corrected chi connectivity index (χ0v) is 18.0. The van der Waals surface area contributed by atoms with Crippen LogP contribution in [0.15, 0.2) is 75.0 Å². The first kappa shape index (κ1) is 20.1. The van der Waals surface area contributed by atoms with E-state index in [4.69, 9.17) is 4.74 Å². The van der Waals surface area contributed by atoms with E-state index in [2.05, 4.69) is 62.1 Å². The average Bonchev–Trinajstić information content (AvgIpc) is 2.67. The number of fused-ring (bicyclic) bond motifs is 1. The van der Waals surface area contributed by atoms with Crippen LogP contribution in [0.4, 0.5) is 5.69 Å². The third-order valence-corrected chi connectivity index (χ3v) is 5.95. The highest BCUT2D eigenvalue weighted by atomic mass is 32.2. The van der Waals surface area contributed by atoms with Crippen molar-refractivity contribution in [3.63, 3.8) is 0 Å². The fraction of sp³-hybridized carbons (Fsp3) is 0.292. The number of hydrogen-bond donors (Lipinski definition) is 0. The van der Waals surface area contributed by atoms with Gasteiger partial charge in [-0.2, -0.15) is 5.26 Å². The predicted molar refractivity (Wildman–Crippen MR) is 119 cm³/mol. The van der Waals surface area contributed by atoms with E-state index in [-0.39, 0.29) is 0 Å². The molecule has 2 heterocycles. The van der Waals surface area contributed by atoms with Gasteiger partial charge in [0.15, 0.2) is 0 Å². The Morgan fingerprint density at radius 2 is 1.93 bits per heavy atom. The largest absolute Gasteiger partial charge is 0.462 e. The molecule has 0 aliphatic carbocycles. The quantitative estimate of drug-likeness (QED) is 0.544. The van der Waals surface area contributed by atoms with Crippen molar-refractivity contribution < 1.29 is 4.74 Å². The van der Waals surface area contributed by atoms with E-state index in [9.17, 15) is 5.26 Å². The summed E-state index contributed by atoms with van der Waals surface area (Å²) in [5.41, 5.74) is 5.39. The number of thioether (sulfide) groups is 1. The number of ether oxygens (including phenoxy) is 1. The number of benzene rings is 1. The van der Waals surface area contributed by atoms with Crippen LogP contribution in [0, 0.1) is 11.3 Å². The van der Waals surface area contributed by atoms with Crippen LogP contribution in [0.1, 0.15) is 40.2 Å². The first-order valence-electron chi connectivity index (χ1n) is 9.61. The Bertz CT molecular complexity index is 982. The molecule has 0 fully saturated rings. The molecule has 0 aromatic heterocycles. The van der Waals surface area contributed by atoms with Gasteiger partial charge in [0, 0.05) is 34.2 Å². The molecular weight excluding hydrogens is 364 g/mol. The predicted octanol–water partition coefficient (Wildman–Crippen LogP) is 6.58. The Labute approximate surface area is 172 Å². The fourth-order valence-electron chi connectivity index (χ4n) is 3.38. The lowest BCUT2D eigenvalue weighted by molar-refractivity contribution is 0.317. The first-order chi connectivity index (χ1) is 13.4. The second kappa shape index (κ2) is 8.58. The Balaban J connectivity index is 1.95. The maximum atomic E-state index is 9.20. The van der Waals surface area contributed by atoms with Crippen LogP contribution in [0.3, 0.4) is 0 Å². The summed E-state index contributed by atoms with van der Waals surface area (Å²) < 4.78 is 5.89. The Hall–Kier alpha value is -2.64. The molecular formula is C24H26N2OS. The second-order valence-electron chi connectivity index (χ2n) is 6.92. The molecule has 144 valence electrons. The van der Waals surface area contributed by atoms with E-state index in [1.807, 2.05) is 26.0 Å². The van der Waals surface area contributed by atoms with Crippen LogP contribution in [0.2, 0.25) is 0 Å². The standard InChI is InChI=1S/C24H26N2OS/c1-6-26(7-2)20-8-9-23-16(3)10-22(28-24(23)13-20)14-21-12-19(17(4)15-25)11-18(5)27-21/h8-14H,6-7H2,1-5H3/b19-17-,22-14+. The van der Waals surface area contributed by atoms with Crippen LogP contribution in [0.5, 0.6) is 0 Å². The van der Waals surface area contributed by atoms with E-state index >= 15 is 0 Å². The molecule has 1 aromatic rings. The number of allylic oxidation sites excluding steroid dienone is 8. The summed E-state index contributed by atoms with van der Waals surface area (Å²) in [7, 11) is 0. The molecule has 0 bridgehead atoms. The maximum absolute atomic E-state index is 9.20. The topological polar surface area (TPSA) is 36.3 Å². The molecule has 0 amide bonds. The van der Waals surface area contributed by atoms with Crippen molar-refractivity contribution in [3.8, 4) is 6.07 Å². The minimum Gasteiger partial charge on any atom is -0.462 e. The van der Waals surface area contributed by atoms with Gasteiger partial charge in [0.1, 0.15) is 11.5 Å². The molecule has 4 heteroatoms. The third kappa shape index (κ3) is 4.26. The van der Waals surface area contributed by atoms with Crippen molar-refractivity contribution >= 4 is 23.0 Å². The monoisotopic (exact) mass is 390 g/mol. The normalized spacial score (nSPS) is 19.0. The van der Waals surface area contributed by atoms with Crippen molar-refractivity contribution in [2.45, 2.75) is 39.5 Å². The fourth-order valence-corrected chi connectivity index (χ4v) is 4.56. The van der Waals surface area contributed by atoms with Crippen molar-refractivity contribution in [1.29, 1.82) is 5.26 Å². The van der Waals surface area contributed by atoms with Gasteiger partial charge in [0.05, 0.1) is 6.07 Å². The number of hydrogen-bond acceptors (Lipinski definition) is 4. The lowest BCUT2D eigenvalue weighted by Gasteiger charge is -2.24. The van der Waals surface area contributed by atoms with Gasteiger partial charge in [0.25, 0.3) is 0 Å². The molecule has 0 unspecified atom stereocenters. The van der Waals surface area contributed by atoms with E-state index in [0.717, 1.165) is 35.1 Å². The molecule has 28 heavy (non-hydrogen) atoms. The van der Waals surface area contributed by atoms with Crippen LogP contribution >= 0.6 is 11.8 Å². The minimum atomic E-state index is 0.691. The zero-order chi connectivity index (χ0) is 20.3. The average molecular weight is 391 g/mol. The molecule has 0 radical (unpaired) electrons. The van der Waals surface area contributed by atoms with Crippen LogP contribution in [-0.2, 0) is 4.74 Å². The van der Waals surface area contributed by atoms with Crippen molar-refractivity contribution in [3.05, 3.63) is 75.6 Å². The summed E-state index contributed by atoms with van der Waals surface area (Å²) in [5.74, 6) is 1.56. The molecule has 0 N–H and O–H groups in total. The third-order valence-electron chi connectivity index (χ3n) is 4.93. The Morgan fingerprint density at radius 1 is 1.18 bits per heavy atom.